The summed E-state index contributed by atoms with van der Waals surface area (Å²) in [5.74, 6) is 2.33. The van der Waals surface area contributed by atoms with E-state index < -0.39 is 0 Å². The lowest BCUT2D eigenvalue weighted by atomic mass is 9.72. The van der Waals surface area contributed by atoms with Gasteiger partial charge in [-0.2, -0.15) is 0 Å². The fourth-order valence-electron chi connectivity index (χ4n) is 4.56. The molecule has 0 bridgehead atoms. The van der Waals surface area contributed by atoms with Gasteiger partial charge in [0, 0.05) is 29.5 Å². The fraction of sp³-hybridized carbons (Fsp3) is 0.231. The van der Waals surface area contributed by atoms with Crippen LogP contribution in [0, 0.1) is 5.92 Å². The smallest absolute Gasteiger partial charge is 0.218 e. The van der Waals surface area contributed by atoms with Crippen LogP contribution in [0.4, 0.5) is 0 Å². The van der Waals surface area contributed by atoms with Crippen LogP contribution in [0.1, 0.15) is 34.6 Å². The molecule has 3 aromatic carbocycles. The second-order valence-electron chi connectivity index (χ2n) is 7.81. The molecule has 0 saturated carbocycles. The van der Waals surface area contributed by atoms with Gasteiger partial charge in [0.05, 0.1) is 19.4 Å². The summed E-state index contributed by atoms with van der Waals surface area (Å²) in [5, 5.41) is 3.40. The molecule has 3 aromatic rings. The molecule has 0 amide bonds. The van der Waals surface area contributed by atoms with E-state index >= 15 is 0 Å². The number of rotatable bonds is 4. The SMILES string of the molecule is COc1ccccc1CNC1=NCC2CC(c3ccccc3)c3ccccc3C2=N1. The van der Waals surface area contributed by atoms with Crippen molar-refractivity contribution >= 4 is 11.7 Å². The monoisotopic (exact) mass is 395 g/mol. The molecule has 1 N–H and O–H groups in total. The summed E-state index contributed by atoms with van der Waals surface area (Å²) in [7, 11) is 1.70. The van der Waals surface area contributed by atoms with Gasteiger partial charge >= 0.3 is 0 Å². The van der Waals surface area contributed by atoms with E-state index in [1.807, 2.05) is 18.2 Å². The van der Waals surface area contributed by atoms with Crippen molar-refractivity contribution in [2.45, 2.75) is 18.9 Å². The number of para-hydroxylation sites is 1. The van der Waals surface area contributed by atoms with Crippen molar-refractivity contribution in [2.75, 3.05) is 13.7 Å². The van der Waals surface area contributed by atoms with Crippen LogP contribution >= 0.6 is 0 Å². The highest BCUT2D eigenvalue weighted by Gasteiger charge is 2.34. The first-order chi connectivity index (χ1) is 14.8. The van der Waals surface area contributed by atoms with Crippen molar-refractivity contribution in [2.24, 2.45) is 15.9 Å². The highest BCUT2D eigenvalue weighted by molar-refractivity contribution is 6.11. The van der Waals surface area contributed by atoms with E-state index in [0.29, 0.717) is 24.3 Å². The molecule has 4 heteroatoms. The van der Waals surface area contributed by atoms with Crippen LogP contribution in [-0.4, -0.2) is 25.3 Å². The minimum Gasteiger partial charge on any atom is -0.496 e. The van der Waals surface area contributed by atoms with Gasteiger partial charge in [-0.1, -0.05) is 72.8 Å². The molecule has 150 valence electrons. The standard InChI is InChI=1S/C26H25N3O/c1-30-24-14-8-5-11-19(24)16-27-26-28-17-20-15-23(18-9-3-2-4-10-18)21-12-6-7-13-22(21)25(20)29-26/h2-14,20,23H,15-17H2,1H3,(H,27,28). The van der Waals surface area contributed by atoms with Crippen LogP contribution in [0.5, 0.6) is 5.75 Å². The molecule has 1 aliphatic heterocycles. The Labute approximate surface area is 177 Å². The van der Waals surface area contributed by atoms with Gasteiger partial charge in [-0.05, 0) is 23.6 Å². The Kier molecular flexibility index (Phi) is 5.06. The van der Waals surface area contributed by atoms with Crippen LogP contribution < -0.4 is 10.1 Å². The third kappa shape index (κ3) is 3.50. The van der Waals surface area contributed by atoms with Gasteiger partial charge in [0.2, 0.25) is 5.96 Å². The van der Waals surface area contributed by atoms with E-state index in [1.165, 1.54) is 16.7 Å². The topological polar surface area (TPSA) is 46.0 Å². The van der Waals surface area contributed by atoms with Crippen LogP contribution in [0.25, 0.3) is 0 Å². The third-order valence-electron chi connectivity index (χ3n) is 6.04. The van der Waals surface area contributed by atoms with Crippen molar-refractivity contribution in [1.29, 1.82) is 0 Å². The predicted molar refractivity (Wildman–Crippen MR) is 122 cm³/mol. The fourth-order valence-corrected chi connectivity index (χ4v) is 4.56. The Balaban J connectivity index is 1.42. The molecular formula is C26H25N3O. The minimum absolute atomic E-state index is 0.349. The molecule has 0 saturated heterocycles. The van der Waals surface area contributed by atoms with Crippen LogP contribution in [0.15, 0.2) is 88.8 Å². The first-order valence-electron chi connectivity index (χ1n) is 10.5. The minimum atomic E-state index is 0.349. The third-order valence-corrected chi connectivity index (χ3v) is 6.04. The lowest BCUT2D eigenvalue weighted by molar-refractivity contribution is 0.409. The van der Waals surface area contributed by atoms with Gasteiger partial charge < -0.3 is 10.1 Å². The number of ether oxygens (including phenoxy) is 1. The second-order valence-corrected chi connectivity index (χ2v) is 7.81. The van der Waals surface area contributed by atoms with Crippen molar-refractivity contribution in [3.8, 4) is 5.75 Å². The predicted octanol–water partition coefficient (Wildman–Crippen LogP) is 4.80. The number of aliphatic imine (C=N–C) groups is 2. The molecule has 0 fully saturated rings. The lowest BCUT2D eigenvalue weighted by Gasteiger charge is -2.34. The quantitative estimate of drug-likeness (QED) is 0.690. The maximum atomic E-state index is 5.46. The molecule has 4 nitrogen and oxygen atoms in total. The molecule has 1 aliphatic carbocycles. The van der Waals surface area contributed by atoms with E-state index in [0.717, 1.165) is 30.0 Å². The van der Waals surface area contributed by atoms with Gasteiger partial charge in [-0.25, -0.2) is 4.99 Å². The zero-order chi connectivity index (χ0) is 20.3. The van der Waals surface area contributed by atoms with Crippen molar-refractivity contribution in [1.82, 2.24) is 5.32 Å². The zero-order valence-corrected chi connectivity index (χ0v) is 17.1. The van der Waals surface area contributed by atoms with Gasteiger partial charge in [0.25, 0.3) is 0 Å². The number of fused-ring (bicyclic) bond motifs is 3. The van der Waals surface area contributed by atoms with Gasteiger partial charge in [-0.15, -0.1) is 0 Å². The number of nitrogens with zero attached hydrogens (tertiary/aromatic N) is 2. The highest BCUT2D eigenvalue weighted by atomic mass is 16.5. The summed E-state index contributed by atoms with van der Waals surface area (Å²) in [6.07, 6.45) is 1.04. The number of hydrogen-bond donors (Lipinski definition) is 1. The van der Waals surface area contributed by atoms with Gasteiger partial charge in [0.15, 0.2) is 0 Å². The Morgan fingerprint density at radius 3 is 2.57 bits per heavy atom. The van der Waals surface area contributed by atoms with Gasteiger partial charge in [-0.3, -0.25) is 4.99 Å². The number of guanidine groups is 1. The van der Waals surface area contributed by atoms with E-state index in [4.69, 9.17) is 14.7 Å². The Morgan fingerprint density at radius 2 is 1.70 bits per heavy atom. The summed E-state index contributed by atoms with van der Waals surface area (Å²) in [6.45, 7) is 1.41. The van der Waals surface area contributed by atoms with Crippen molar-refractivity contribution in [3.05, 3.63) is 101 Å². The van der Waals surface area contributed by atoms with E-state index in [2.05, 4.69) is 66.0 Å². The Bertz CT molecular complexity index is 1100. The van der Waals surface area contributed by atoms with Crippen LogP contribution in [0.2, 0.25) is 0 Å². The van der Waals surface area contributed by atoms with Crippen LogP contribution in [0.3, 0.4) is 0 Å². The Morgan fingerprint density at radius 1 is 0.933 bits per heavy atom. The van der Waals surface area contributed by atoms with E-state index in [9.17, 15) is 0 Å². The summed E-state index contributed by atoms with van der Waals surface area (Å²) in [6, 6.07) is 27.5. The molecule has 2 aliphatic rings. The molecule has 5 rings (SSSR count). The molecule has 30 heavy (non-hydrogen) atoms. The number of hydrogen-bond acceptors (Lipinski definition) is 4. The van der Waals surface area contributed by atoms with Crippen molar-refractivity contribution in [3.63, 3.8) is 0 Å². The summed E-state index contributed by atoms with van der Waals surface area (Å²) < 4.78 is 5.46. The summed E-state index contributed by atoms with van der Waals surface area (Å²) in [5.41, 5.74) is 6.25. The summed E-state index contributed by atoms with van der Waals surface area (Å²) >= 11 is 0. The maximum absolute atomic E-state index is 5.46. The van der Waals surface area contributed by atoms with Crippen molar-refractivity contribution < 1.29 is 4.74 Å². The average molecular weight is 396 g/mol. The van der Waals surface area contributed by atoms with Crippen LogP contribution in [-0.2, 0) is 6.54 Å². The molecule has 0 spiro atoms. The number of benzene rings is 3. The lowest BCUT2D eigenvalue weighted by Crippen LogP contribution is -2.35. The molecule has 0 radical (unpaired) electrons. The Hall–Kier alpha value is -3.40. The summed E-state index contributed by atoms with van der Waals surface area (Å²) in [4.78, 5) is 9.72. The number of methoxy groups -OCH3 is 1. The normalized spacial score (nSPS) is 19.8. The maximum Gasteiger partial charge on any atom is 0.218 e. The molecule has 1 heterocycles. The van der Waals surface area contributed by atoms with Gasteiger partial charge in [0.1, 0.15) is 5.75 Å². The first-order valence-corrected chi connectivity index (χ1v) is 10.5. The molecule has 2 atom stereocenters. The number of nitrogens with one attached hydrogen (secondary N) is 1. The first kappa shape index (κ1) is 18.6. The molecule has 0 aromatic heterocycles. The molecular weight excluding hydrogens is 370 g/mol. The highest BCUT2D eigenvalue weighted by Crippen LogP contribution is 2.40. The zero-order valence-electron chi connectivity index (χ0n) is 17.1. The average Bonchev–Trinajstić information content (AvgIpc) is 2.83. The second kappa shape index (κ2) is 8.15. The van der Waals surface area contributed by atoms with E-state index in [-0.39, 0.29) is 0 Å². The van der Waals surface area contributed by atoms with E-state index in [1.54, 1.807) is 7.11 Å². The molecule has 2 unspecified atom stereocenters. The largest absolute Gasteiger partial charge is 0.496 e.